The second kappa shape index (κ2) is 8.15. The summed E-state index contributed by atoms with van der Waals surface area (Å²) in [5.74, 6) is 1.87. The number of aliphatic hydroxyl groups is 1. The minimum absolute atomic E-state index is 0.247. The lowest BCUT2D eigenvalue weighted by Crippen LogP contribution is -2.37. The molecule has 0 aliphatic carbocycles. The molecule has 122 valence electrons. The van der Waals surface area contributed by atoms with Crippen LogP contribution in [-0.4, -0.2) is 50.2 Å². The summed E-state index contributed by atoms with van der Waals surface area (Å²) < 4.78 is 10.6. The zero-order valence-electron chi connectivity index (χ0n) is 13.3. The minimum Gasteiger partial charge on any atom is -0.493 e. The van der Waals surface area contributed by atoms with E-state index in [1.807, 2.05) is 18.2 Å². The Bertz CT molecular complexity index is 484. The molecule has 1 fully saturated rings. The molecule has 1 unspecified atom stereocenters. The van der Waals surface area contributed by atoms with E-state index in [0.29, 0.717) is 17.4 Å². The van der Waals surface area contributed by atoms with Crippen LogP contribution in [0.5, 0.6) is 11.5 Å². The number of methoxy groups -OCH3 is 2. The Morgan fingerprint density at radius 1 is 1.27 bits per heavy atom. The Balaban J connectivity index is 2.10. The number of likely N-dealkylation sites (tertiary alicyclic amines) is 1. The van der Waals surface area contributed by atoms with Crippen molar-refractivity contribution in [3.8, 4) is 11.5 Å². The summed E-state index contributed by atoms with van der Waals surface area (Å²) in [4.78, 5) is 13.8. The average Bonchev–Trinajstić information content (AvgIpc) is 2.57. The van der Waals surface area contributed by atoms with Gasteiger partial charge in [0, 0.05) is 6.61 Å². The highest BCUT2D eigenvalue weighted by Gasteiger charge is 2.26. The van der Waals surface area contributed by atoms with Crippen molar-refractivity contribution in [2.24, 2.45) is 5.92 Å². The van der Waals surface area contributed by atoms with Crippen molar-refractivity contribution in [2.75, 3.05) is 33.9 Å². The zero-order valence-corrected chi connectivity index (χ0v) is 13.3. The highest BCUT2D eigenvalue weighted by Crippen LogP contribution is 2.33. The minimum atomic E-state index is -0.255. The topological polar surface area (TPSA) is 59.0 Å². The van der Waals surface area contributed by atoms with Crippen molar-refractivity contribution < 1.29 is 19.4 Å². The second-order valence-electron chi connectivity index (χ2n) is 5.69. The molecule has 0 spiro atoms. The molecule has 1 heterocycles. The van der Waals surface area contributed by atoms with Gasteiger partial charge < -0.3 is 19.4 Å². The fourth-order valence-electron chi connectivity index (χ4n) is 3.11. The number of aldehydes is 1. The van der Waals surface area contributed by atoms with E-state index in [0.717, 1.165) is 44.2 Å². The highest BCUT2D eigenvalue weighted by atomic mass is 16.5. The standard InChI is InChI=1S/C17H25NO4/c1-21-16-4-3-14(11-17(16)22-2)15(12-20)18-8-5-13(6-9-18)7-10-19/h3-4,11-13,15,19H,5-10H2,1-2H3. The Labute approximate surface area is 131 Å². The molecular formula is C17H25NO4. The maximum absolute atomic E-state index is 11.6. The number of carbonyl (C=O) groups is 1. The van der Waals surface area contributed by atoms with Crippen LogP contribution in [0.15, 0.2) is 18.2 Å². The van der Waals surface area contributed by atoms with Crippen LogP contribution in [0.4, 0.5) is 0 Å². The van der Waals surface area contributed by atoms with Crippen molar-refractivity contribution in [2.45, 2.75) is 25.3 Å². The third-order valence-corrected chi connectivity index (χ3v) is 4.46. The molecule has 1 atom stereocenters. The Morgan fingerprint density at radius 3 is 2.50 bits per heavy atom. The smallest absolute Gasteiger partial charge is 0.161 e. The average molecular weight is 307 g/mol. The molecule has 1 aliphatic rings. The van der Waals surface area contributed by atoms with E-state index >= 15 is 0 Å². The molecule has 0 aromatic heterocycles. The summed E-state index contributed by atoms with van der Waals surface area (Å²) >= 11 is 0. The molecule has 1 saturated heterocycles. The molecule has 22 heavy (non-hydrogen) atoms. The summed E-state index contributed by atoms with van der Waals surface area (Å²) in [6.45, 7) is 2.00. The van der Waals surface area contributed by atoms with Gasteiger partial charge >= 0.3 is 0 Å². The van der Waals surface area contributed by atoms with Gasteiger partial charge in [-0.25, -0.2) is 0 Å². The first-order valence-electron chi connectivity index (χ1n) is 7.75. The number of benzene rings is 1. The molecule has 0 radical (unpaired) electrons. The van der Waals surface area contributed by atoms with E-state index < -0.39 is 0 Å². The SMILES string of the molecule is COc1ccc(C(C=O)N2CCC(CCO)CC2)cc1OC. The first-order chi connectivity index (χ1) is 10.7. The van der Waals surface area contributed by atoms with E-state index in [2.05, 4.69) is 4.90 Å². The van der Waals surface area contributed by atoms with Crippen LogP contribution >= 0.6 is 0 Å². The molecule has 0 amide bonds. The van der Waals surface area contributed by atoms with E-state index in [9.17, 15) is 4.79 Å². The molecule has 1 aromatic rings. The number of hydrogen-bond acceptors (Lipinski definition) is 5. The molecule has 0 bridgehead atoms. The van der Waals surface area contributed by atoms with Crippen LogP contribution in [0, 0.1) is 5.92 Å². The Kier molecular flexibility index (Phi) is 6.21. The molecule has 5 heteroatoms. The van der Waals surface area contributed by atoms with Crippen LogP contribution in [0.2, 0.25) is 0 Å². The van der Waals surface area contributed by atoms with Gasteiger partial charge in [-0.3, -0.25) is 4.90 Å². The predicted octanol–water partition coefficient (Wildman–Crippen LogP) is 2.04. The summed E-state index contributed by atoms with van der Waals surface area (Å²) in [5.41, 5.74) is 0.924. The fourth-order valence-corrected chi connectivity index (χ4v) is 3.11. The van der Waals surface area contributed by atoms with Crippen molar-refractivity contribution in [3.05, 3.63) is 23.8 Å². The predicted molar refractivity (Wildman–Crippen MR) is 84.4 cm³/mol. The Hall–Kier alpha value is -1.59. The van der Waals surface area contributed by atoms with Gasteiger partial charge in [-0.2, -0.15) is 0 Å². The molecule has 2 rings (SSSR count). The van der Waals surface area contributed by atoms with Crippen LogP contribution in [0.25, 0.3) is 0 Å². The van der Waals surface area contributed by atoms with Crippen LogP contribution in [0.3, 0.4) is 0 Å². The van der Waals surface area contributed by atoms with Gasteiger partial charge in [-0.1, -0.05) is 6.07 Å². The maximum Gasteiger partial charge on any atom is 0.161 e. The lowest BCUT2D eigenvalue weighted by Gasteiger charge is -2.35. The first-order valence-corrected chi connectivity index (χ1v) is 7.75. The van der Waals surface area contributed by atoms with Crippen LogP contribution < -0.4 is 9.47 Å². The van der Waals surface area contributed by atoms with E-state index in [1.54, 1.807) is 14.2 Å². The molecule has 1 N–H and O–H groups in total. The molecular weight excluding hydrogens is 282 g/mol. The number of hydrogen-bond donors (Lipinski definition) is 1. The zero-order chi connectivity index (χ0) is 15.9. The number of rotatable bonds is 7. The largest absolute Gasteiger partial charge is 0.493 e. The van der Waals surface area contributed by atoms with Crippen molar-refractivity contribution in [1.82, 2.24) is 4.90 Å². The van der Waals surface area contributed by atoms with E-state index in [4.69, 9.17) is 14.6 Å². The number of carbonyl (C=O) groups excluding carboxylic acids is 1. The van der Waals surface area contributed by atoms with Gasteiger partial charge in [-0.05, 0) is 56.0 Å². The number of aliphatic hydroxyl groups excluding tert-OH is 1. The van der Waals surface area contributed by atoms with Gasteiger partial charge in [0.05, 0.1) is 20.3 Å². The van der Waals surface area contributed by atoms with Gasteiger partial charge in [0.2, 0.25) is 0 Å². The van der Waals surface area contributed by atoms with Gasteiger partial charge in [-0.15, -0.1) is 0 Å². The maximum atomic E-state index is 11.6. The van der Waals surface area contributed by atoms with Crippen LogP contribution in [-0.2, 0) is 4.79 Å². The van der Waals surface area contributed by atoms with Crippen molar-refractivity contribution in [3.63, 3.8) is 0 Å². The summed E-state index contributed by atoms with van der Waals surface area (Å²) in [7, 11) is 3.19. The summed E-state index contributed by atoms with van der Waals surface area (Å²) in [6.07, 6.45) is 3.90. The monoisotopic (exact) mass is 307 g/mol. The number of nitrogens with zero attached hydrogens (tertiary/aromatic N) is 1. The molecule has 1 aromatic carbocycles. The second-order valence-corrected chi connectivity index (χ2v) is 5.69. The third-order valence-electron chi connectivity index (χ3n) is 4.46. The Morgan fingerprint density at radius 2 is 1.95 bits per heavy atom. The fraction of sp³-hybridized carbons (Fsp3) is 0.588. The molecule has 5 nitrogen and oxygen atoms in total. The lowest BCUT2D eigenvalue weighted by molar-refractivity contribution is -0.113. The summed E-state index contributed by atoms with van der Waals surface area (Å²) in [6, 6.07) is 5.37. The van der Waals surface area contributed by atoms with Gasteiger partial charge in [0.1, 0.15) is 6.29 Å². The van der Waals surface area contributed by atoms with E-state index in [-0.39, 0.29) is 12.6 Å². The van der Waals surface area contributed by atoms with E-state index in [1.165, 1.54) is 0 Å². The van der Waals surface area contributed by atoms with Gasteiger partial charge in [0.25, 0.3) is 0 Å². The van der Waals surface area contributed by atoms with Crippen LogP contribution in [0.1, 0.15) is 30.9 Å². The first kappa shape index (κ1) is 16.8. The number of ether oxygens (including phenoxy) is 2. The highest BCUT2D eigenvalue weighted by molar-refractivity contribution is 5.63. The molecule has 0 saturated carbocycles. The quantitative estimate of drug-likeness (QED) is 0.781. The van der Waals surface area contributed by atoms with Crippen molar-refractivity contribution >= 4 is 6.29 Å². The van der Waals surface area contributed by atoms with Crippen molar-refractivity contribution in [1.29, 1.82) is 0 Å². The van der Waals surface area contributed by atoms with Gasteiger partial charge in [0.15, 0.2) is 11.5 Å². The normalized spacial score (nSPS) is 18.0. The number of piperidine rings is 1. The summed E-state index contributed by atoms with van der Waals surface area (Å²) in [5, 5.41) is 9.03. The lowest BCUT2D eigenvalue weighted by atomic mass is 9.92. The molecule has 1 aliphatic heterocycles. The third kappa shape index (κ3) is 3.78.